The summed E-state index contributed by atoms with van der Waals surface area (Å²) in [5.41, 5.74) is 0.185. The van der Waals surface area contributed by atoms with Gasteiger partial charge in [0.1, 0.15) is 0 Å². The summed E-state index contributed by atoms with van der Waals surface area (Å²) in [4.78, 5) is 11.9. The predicted octanol–water partition coefficient (Wildman–Crippen LogP) is 2.46. The van der Waals surface area contributed by atoms with Crippen LogP contribution in [0.1, 0.15) is 60.8 Å². The molecule has 17 heavy (non-hydrogen) atoms. The van der Waals surface area contributed by atoms with E-state index in [1.165, 1.54) is 0 Å². The van der Waals surface area contributed by atoms with Gasteiger partial charge in [-0.3, -0.25) is 4.79 Å². The van der Waals surface area contributed by atoms with E-state index in [0.717, 1.165) is 19.3 Å². The fraction of sp³-hybridized carbons (Fsp3) is 0.929. The zero-order valence-corrected chi connectivity index (χ0v) is 12.2. The van der Waals surface area contributed by atoms with E-state index in [1.54, 1.807) is 0 Å². The average Bonchev–Trinajstić information content (AvgIpc) is 2.11. The molecule has 1 aliphatic rings. The zero-order valence-electron chi connectivity index (χ0n) is 12.2. The maximum Gasteiger partial charge on any atom is 0.223 e. The summed E-state index contributed by atoms with van der Waals surface area (Å²) in [6, 6.07) is 0.294. The molecule has 0 aromatic heterocycles. The molecule has 1 rings (SSSR count). The number of rotatable bonds is 3. The normalized spacial score (nSPS) is 25.3. The standard InChI is InChI=1S/C14H28N2O/c1-7-10(2)12(17)15-11-8-13(3,4)16-14(5,6)9-11/h10-11,16H,7-9H2,1-6H3,(H,15,17). The molecule has 1 saturated heterocycles. The number of carbonyl (C=O) groups excluding carboxylic acids is 1. The summed E-state index contributed by atoms with van der Waals surface area (Å²) >= 11 is 0. The Balaban J connectivity index is 2.63. The molecule has 0 saturated carbocycles. The summed E-state index contributed by atoms with van der Waals surface area (Å²) in [6.07, 6.45) is 2.90. The predicted molar refractivity (Wildman–Crippen MR) is 71.9 cm³/mol. The minimum atomic E-state index is 0.0924. The smallest absolute Gasteiger partial charge is 0.223 e. The fourth-order valence-electron chi connectivity index (χ4n) is 2.95. The highest BCUT2D eigenvalue weighted by atomic mass is 16.1. The largest absolute Gasteiger partial charge is 0.353 e. The van der Waals surface area contributed by atoms with Crippen LogP contribution in [0.2, 0.25) is 0 Å². The Morgan fingerprint density at radius 3 is 2.18 bits per heavy atom. The Hall–Kier alpha value is -0.570. The van der Waals surface area contributed by atoms with E-state index in [-0.39, 0.29) is 22.9 Å². The first-order valence-electron chi connectivity index (χ1n) is 6.75. The van der Waals surface area contributed by atoms with E-state index >= 15 is 0 Å². The van der Waals surface area contributed by atoms with E-state index < -0.39 is 0 Å². The van der Waals surface area contributed by atoms with E-state index in [2.05, 4.69) is 45.3 Å². The van der Waals surface area contributed by atoms with Gasteiger partial charge in [-0.1, -0.05) is 13.8 Å². The molecule has 1 fully saturated rings. The number of hydrogen-bond acceptors (Lipinski definition) is 2. The van der Waals surface area contributed by atoms with E-state index in [4.69, 9.17) is 0 Å². The molecule has 1 aliphatic heterocycles. The van der Waals surface area contributed by atoms with E-state index in [9.17, 15) is 4.79 Å². The van der Waals surface area contributed by atoms with Crippen molar-refractivity contribution in [3.05, 3.63) is 0 Å². The average molecular weight is 240 g/mol. The molecular formula is C14H28N2O. The van der Waals surface area contributed by atoms with Crippen LogP contribution < -0.4 is 10.6 Å². The monoisotopic (exact) mass is 240 g/mol. The molecule has 3 nitrogen and oxygen atoms in total. The summed E-state index contributed by atoms with van der Waals surface area (Å²) in [5, 5.41) is 6.83. The fourth-order valence-corrected chi connectivity index (χ4v) is 2.95. The highest BCUT2D eigenvalue weighted by Crippen LogP contribution is 2.28. The molecule has 2 N–H and O–H groups in total. The third-order valence-corrected chi connectivity index (χ3v) is 3.60. The van der Waals surface area contributed by atoms with Crippen molar-refractivity contribution in [3.8, 4) is 0 Å². The number of amides is 1. The molecule has 100 valence electrons. The molecule has 0 aromatic rings. The first kappa shape index (κ1) is 14.5. The molecule has 0 aromatic carbocycles. The van der Waals surface area contributed by atoms with Crippen LogP contribution in [0.15, 0.2) is 0 Å². The number of piperidine rings is 1. The second-order valence-corrected chi connectivity index (χ2v) is 6.82. The minimum Gasteiger partial charge on any atom is -0.353 e. The summed E-state index contributed by atoms with van der Waals surface area (Å²) in [6.45, 7) is 12.9. The Bertz CT molecular complexity index is 268. The number of nitrogens with one attached hydrogen (secondary N) is 2. The highest BCUT2D eigenvalue weighted by molar-refractivity contribution is 5.78. The van der Waals surface area contributed by atoms with Crippen LogP contribution in [0.5, 0.6) is 0 Å². The Labute approximate surface area is 106 Å². The molecular weight excluding hydrogens is 212 g/mol. The Kier molecular flexibility index (Phi) is 4.23. The Morgan fingerprint density at radius 1 is 1.29 bits per heavy atom. The molecule has 1 atom stereocenters. The van der Waals surface area contributed by atoms with Crippen molar-refractivity contribution in [1.82, 2.24) is 10.6 Å². The Morgan fingerprint density at radius 2 is 1.76 bits per heavy atom. The maximum absolute atomic E-state index is 11.9. The van der Waals surface area contributed by atoms with Crippen molar-refractivity contribution in [2.45, 2.75) is 77.9 Å². The molecule has 0 spiro atoms. The van der Waals surface area contributed by atoms with E-state index in [0.29, 0.717) is 6.04 Å². The quantitative estimate of drug-likeness (QED) is 0.795. The molecule has 3 heteroatoms. The van der Waals surface area contributed by atoms with Gasteiger partial charge in [0.2, 0.25) is 5.91 Å². The van der Waals surface area contributed by atoms with Crippen LogP contribution in [-0.4, -0.2) is 23.0 Å². The van der Waals surface area contributed by atoms with Gasteiger partial charge in [0.15, 0.2) is 0 Å². The molecule has 1 heterocycles. The second-order valence-electron chi connectivity index (χ2n) is 6.82. The minimum absolute atomic E-state index is 0.0924. The van der Waals surface area contributed by atoms with Gasteiger partial charge in [-0.05, 0) is 47.0 Å². The lowest BCUT2D eigenvalue weighted by atomic mass is 9.79. The number of carbonyl (C=O) groups is 1. The van der Waals surface area contributed by atoms with Crippen molar-refractivity contribution in [2.24, 2.45) is 5.92 Å². The second kappa shape index (κ2) is 4.97. The van der Waals surface area contributed by atoms with Crippen molar-refractivity contribution < 1.29 is 4.79 Å². The first-order valence-corrected chi connectivity index (χ1v) is 6.75. The summed E-state index contributed by atoms with van der Waals surface area (Å²) < 4.78 is 0. The molecule has 0 bridgehead atoms. The molecule has 1 unspecified atom stereocenters. The third kappa shape index (κ3) is 4.30. The van der Waals surface area contributed by atoms with Crippen molar-refractivity contribution in [3.63, 3.8) is 0 Å². The maximum atomic E-state index is 11.9. The van der Waals surface area contributed by atoms with Gasteiger partial charge in [0.25, 0.3) is 0 Å². The van der Waals surface area contributed by atoms with Crippen LogP contribution in [0.4, 0.5) is 0 Å². The van der Waals surface area contributed by atoms with Gasteiger partial charge in [-0.2, -0.15) is 0 Å². The zero-order chi connectivity index (χ0) is 13.3. The van der Waals surface area contributed by atoms with Crippen molar-refractivity contribution in [1.29, 1.82) is 0 Å². The van der Waals surface area contributed by atoms with Crippen molar-refractivity contribution >= 4 is 5.91 Å². The third-order valence-electron chi connectivity index (χ3n) is 3.60. The summed E-state index contributed by atoms with van der Waals surface area (Å²) in [7, 11) is 0. The molecule has 0 radical (unpaired) electrons. The van der Waals surface area contributed by atoms with Gasteiger partial charge in [-0.15, -0.1) is 0 Å². The van der Waals surface area contributed by atoms with Crippen LogP contribution in [0.25, 0.3) is 0 Å². The lowest BCUT2D eigenvalue weighted by Crippen LogP contribution is -2.62. The lowest BCUT2D eigenvalue weighted by molar-refractivity contribution is -0.125. The van der Waals surface area contributed by atoms with Crippen LogP contribution in [-0.2, 0) is 4.79 Å². The summed E-state index contributed by atoms with van der Waals surface area (Å²) in [5.74, 6) is 0.321. The van der Waals surface area contributed by atoms with Crippen LogP contribution >= 0.6 is 0 Å². The highest BCUT2D eigenvalue weighted by Gasteiger charge is 2.38. The van der Waals surface area contributed by atoms with Gasteiger partial charge in [0, 0.05) is 23.0 Å². The van der Waals surface area contributed by atoms with Crippen molar-refractivity contribution in [2.75, 3.05) is 0 Å². The van der Waals surface area contributed by atoms with Gasteiger partial charge >= 0.3 is 0 Å². The van der Waals surface area contributed by atoms with Gasteiger partial charge in [0.05, 0.1) is 0 Å². The molecule has 0 aliphatic carbocycles. The first-order chi connectivity index (χ1) is 7.65. The molecule has 1 amide bonds. The van der Waals surface area contributed by atoms with Crippen LogP contribution in [0, 0.1) is 5.92 Å². The topological polar surface area (TPSA) is 41.1 Å². The SMILES string of the molecule is CCC(C)C(=O)NC1CC(C)(C)NC(C)(C)C1. The van der Waals surface area contributed by atoms with Gasteiger partial charge in [-0.25, -0.2) is 0 Å². The van der Waals surface area contributed by atoms with Gasteiger partial charge < -0.3 is 10.6 Å². The number of hydrogen-bond donors (Lipinski definition) is 2. The van der Waals surface area contributed by atoms with E-state index in [1.807, 2.05) is 6.92 Å². The van der Waals surface area contributed by atoms with Crippen LogP contribution in [0.3, 0.4) is 0 Å². The lowest BCUT2D eigenvalue weighted by Gasteiger charge is -2.46.